The van der Waals surface area contributed by atoms with Gasteiger partial charge in [0, 0.05) is 30.6 Å². The smallest absolute Gasteiger partial charge is 0.221 e. The molecule has 1 amide bonds. The van der Waals surface area contributed by atoms with Gasteiger partial charge in [0.05, 0.1) is 0 Å². The van der Waals surface area contributed by atoms with E-state index in [1.54, 1.807) is 11.8 Å². The molecule has 0 fully saturated rings. The second-order valence-electron chi connectivity index (χ2n) is 3.98. The second kappa shape index (κ2) is 7.33. The highest BCUT2D eigenvalue weighted by atomic mass is 32.2. The molecular formula is C13H20N2OS. The molecule has 0 atom stereocenters. The lowest BCUT2D eigenvalue weighted by Crippen LogP contribution is -2.23. The summed E-state index contributed by atoms with van der Waals surface area (Å²) in [7, 11) is 0. The molecule has 0 unspecified atom stereocenters. The van der Waals surface area contributed by atoms with Gasteiger partial charge in [-0.05, 0) is 36.8 Å². The van der Waals surface area contributed by atoms with Gasteiger partial charge >= 0.3 is 0 Å². The van der Waals surface area contributed by atoms with Crippen molar-refractivity contribution in [1.82, 2.24) is 10.3 Å². The lowest BCUT2D eigenvalue weighted by Gasteiger charge is -2.08. The number of aromatic nitrogens is 1. The Bertz CT molecular complexity index is 380. The zero-order valence-corrected chi connectivity index (χ0v) is 11.6. The fraction of sp³-hybridized carbons (Fsp3) is 0.538. The van der Waals surface area contributed by atoms with Crippen LogP contribution in [0.15, 0.2) is 12.3 Å². The highest BCUT2D eigenvalue weighted by Gasteiger charge is 2.03. The van der Waals surface area contributed by atoms with Crippen LogP contribution >= 0.6 is 11.8 Å². The van der Waals surface area contributed by atoms with E-state index in [-0.39, 0.29) is 5.91 Å². The highest BCUT2D eigenvalue weighted by molar-refractivity contribution is 7.99. The van der Waals surface area contributed by atoms with E-state index < -0.39 is 0 Å². The van der Waals surface area contributed by atoms with E-state index in [1.165, 1.54) is 5.56 Å². The normalized spacial score (nSPS) is 10.3. The number of thioether (sulfide) groups is 1. The third kappa shape index (κ3) is 5.22. The maximum absolute atomic E-state index is 11.5. The van der Waals surface area contributed by atoms with Crippen molar-refractivity contribution in [2.24, 2.45) is 0 Å². The van der Waals surface area contributed by atoms with Crippen molar-refractivity contribution in [2.45, 2.75) is 33.7 Å². The summed E-state index contributed by atoms with van der Waals surface area (Å²) in [4.78, 5) is 15.8. The molecule has 0 saturated carbocycles. The van der Waals surface area contributed by atoms with E-state index in [9.17, 15) is 4.79 Å². The number of pyridine rings is 1. The molecule has 3 nitrogen and oxygen atoms in total. The molecule has 1 heterocycles. The molecule has 0 aliphatic carbocycles. The third-order valence-corrected chi connectivity index (χ3v) is 3.41. The van der Waals surface area contributed by atoms with Crippen LogP contribution in [0.4, 0.5) is 0 Å². The number of amides is 1. The number of carbonyl (C=O) groups excluding carboxylic acids is 1. The minimum Gasteiger partial charge on any atom is -0.352 e. The first-order valence-corrected chi connectivity index (χ1v) is 7.05. The quantitative estimate of drug-likeness (QED) is 0.791. The van der Waals surface area contributed by atoms with Gasteiger partial charge in [-0.3, -0.25) is 9.78 Å². The minimum absolute atomic E-state index is 0.117. The van der Waals surface area contributed by atoms with Gasteiger partial charge in [0.25, 0.3) is 0 Å². The highest BCUT2D eigenvalue weighted by Crippen LogP contribution is 2.07. The lowest BCUT2D eigenvalue weighted by molar-refractivity contribution is -0.120. The van der Waals surface area contributed by atoms with Crippen molar-refractivity contribution in [2.75, 3.05) is 11.5 Å². The molecule has 1 aromatic heterocycles. The van der Waals surface area contributed by atoms with Crippen LogP contribution in [0.5, 0.6) is 0 Å². The van der Waals surface area contributed by atoms with Crippen LogP contribution in [0, 0.1) is 13.8 Å². The summed E-state index contributed by atoms with van der Waals surface area (Å²) in [5.41, 5.74) is 3.28. The van der Waals surface area contributed by atoms with E-state index in [4.69, 9.17) is 0 Å². The van der Waals surface area contributed by atoms with E-state index in [2.05, 4.69) is 17.2 Å². The van der Waals surface area contributed by atoms with Gasteiger partial charge in [-0.25, -0.2) is 0 Å². The average molecular weight is 252 g/mol. The SMILES string of the molecule is CCSCCC(=O)NCc1cnc(C)cc1C. The molecule has 17 heavy (non-hydrogen) atoms. The van der Waals surface area contributed by atoms with Crippen LogP contribution in [0.1, 0.15) is 30.2 Å². The van der Waals surface area contributed by atoms with Gasteiger partial charge < -0.3 is 5.32 Å². The molecule has 0 aromatic carbocycles. The number of carbonyl (C=O) groups is 1. The first kappa shape index (κ1) is 14.0. The number of hydrogen-bond donors (Lipinski definition) is 1. The molecular weight excluding hydrogens is 232 g/mol. The Kier molecular flexibility index (Phi) is 6.05. The topological polar surface area (TPSA) is 42.0 Å². The van der Waals surface area contributed by atoms with E-state index >= 15 is 0 Å². The molecule has 4 heteroatoms. The zero-order valence-electron chi connectivity index (χ0n) is 10.7. The molecule has 0 bridgehead atoms. The largest absolute Gasteiger partial charge is 0.352 e. The summed E-state index contributed by atoms with van der Waals surface area (Å²) in [5, 5.41) is 2.93. The van der Waals surface area contributed by atoms with Gasteiger partial charge in [-0.2, -0.15) is 11.8 Å². The van der Waals surface area contributed by atoms with E-state index in [0.29, 0.717) is 13.0 Å². The molecule has 1 rings (SSSR count). The Hall–Kier alpha value is -1.03. The molecule has 0 aliphatic rings. The fourth-order valence-electron chi connectivity index (χ4n) is 1.50. The summed E-state index contributed by atoms with van der Waals surface area (Å²) >= 11 is 1.79. The molecule has 0 spiro atoms. The Morgan fingerprint density at radius 1 is 1.47 bits per heavy atom. The molecule has 1 aromatic rings. The van der Waals surface area contributed by atoms with Crippen molar-refractivity contribution in [3.63, 3.8) is 0 Å². The van der Waals surface area contributed by atoms with Gasteiger partial charge in [0.1, 0.15) is 0 Å². The van der Waals surface area contributed by atoms with E-state index in [0.717, 1.165) is 22.8 Å². The Morgan fingerprint density at radius 2 is 2.24 bits per heavy atom. The summed E-state index contributed by atoms with van der Waals surface area (Å²) in [6, 6.07) is 2.04. The third-order valence-electron chi connectivity index (χ3n) is 2.51. The zero-order chi connectivity index (χ0) is 12.7. The second-order valence-corrected chi connectivity index (χ2v) is 5.37. The molecule has 94 valence electrons. The van der Waals surface area contributed by atoms with Crippen LogP contribution < -0.4 is 5.32 Å². The number of rotatable bonds is 6. The number of aryl methyl sites for hydroxylation is 2. The number of hydrogen-bond acceptors (Lipinski definition) is 3. The first-order chi connectivity index (χ1) is 8.13. The Morgan fingerprint density at radius 3 is 2.88 bits per heavy atom. The molecule has 0 saturated heterocycles. The van der Waals surface area contributed by atoms with Gasteiger partial charge in [0.15, 0.2) is 0 Å². The van der Waals surface area contributed by atoms with Crippen LogP contribution in [0.25, 0.3) is 0 Å². The average Bonchev–Trinajstić information content (AvgIpc) is 2.28. The number of nitrogens with zero attached hydrogens (tertiary/aromatic N) is 1. The summed E-state index contributed by atoms with van der Waals surface area (Å²) in [6.45, 7) is 6.69. The van der Waals surface area contributed by atoms with Gasteiger partial charge in [-0.1, -0.05) is 6.92 Å². The van der Waals surface area contributed by atoms with Crippen molar-refractivity contribution in [3.8, 4) is 0 Å². The maximum atomic E-state index is 11.5. The maximum Gasteiger partial charge on any atom is 0.221 e. The Balaban J connectivity index is 2.37. The van der Waals surface area contributed by atoms with Crippen molar-refractivity contribution in [3.05, 3.63) is 29.1 Å². The monoisotopic (exact) mass is 252 g/mol. The predicted molar refractivity (Wildman–Crippen MR) is 73.2 cm³/mol. The Labute approximate surface area is 107 Å². The summed E-state index contributed by atoms with van der Waals surface area (Å²) < 4.78 is 0. The molecule has 1 N–H and O–H groups in total. The first-order valence-electron chi connectivity index (χ1n) is 5.90. The van der Waals surface area contributed by atoms with Gasteiger partial charge in [-0.15, -0.1) is 0 Å². The molecule has 0 aliphatic heterocycles. The number of nitrogens with one attached hydrogen (secondary N) is 1. The van der Waals surface area contributed by atoms with Crippen molar-refractivity contribution >= 4 is 17.7 Å². The predicted octanol–water partition coefficient (Wildman–Crippen LogP) is 2.46. The van der Waals surface area contributed by atoms with E-state index in [1.807, 2.05) is 26.1 Å². The fourth-order valence-corrected chi connectivity index (χ4v) is 2.12. The minimum atomic E-state index is 0.117. The molecule has 0 radical (unpaired) electrons. The van der Waals surface area contributed by atoms with Crippen LogP contribution in [-0.2, 0) is 11.3 Å². The summed E-state index contributed by atoms with van der Waals surface area (Å²) in [6.07, 6.45) is 2.43. The summed E-state index contributed by atoms with van der Waals surface area (Å²) in [5.74, 6) is 2.08. The van der Waals surface area contributed by atoms with Crippen LogP contribution in [-0.4, -0.2) is 22.4 Å². The lowest BCUT2D eigenvalue weighted by atomic mass is 10.1. The van der Waals surface area contributed by atoms with Crippen molar-refractivity contribution in [1.29, 1.82) is 0 Å². The standard InChI is InChI=1S/C13H20N2OS/c1-4-17-6-5-13(16)15-9-12-8-14-11(3)7-10(12)2/h7-8H,4-6,9H2,1-3H3,(H,15,16). The van der Waals surface area contributed by atoms with Crippen LogP contribution in [0.3, 0.4) is 0 Å². The van der Waals surface area contributed by atoms with Gasteiger partial charge in [0.2, 0.25) is 5.91 Å². The van der Waals surface area contributed by atoms with Crippen molar-refractivity contribution < 1.29 is 4.79 Å². The van der Waals surface area contributed by atoms with Crippen LogP contribution in [0.2, 0.25) is 0 Å².